The first-order chi connectivity index (χ1) is 9.93. The predicted octanol–water partition coefficient (Wildman–Crippen LogP) is 3.99. The number of hydrogen-bond donors (Lipinski definition) is 2. The van der Waals surface area contributed by atoms with Gasteiger partial charge in [0.25, 0.3) is 0 Å². The number of carboxylic acid groups (broad SMARTS) is 1. The summed E-state index contributed by atoms with van der Waals surface area (Å²) < 4.78 is 5.59. The van der Waals surface area contributed by atoms with Gasteiger partial charge < -0.3 is 9.84 Å². The molecular weight excluding hydrogens is 313 g/mol. The van der Waals surface area contributed by atoms with Gasteiger partial charge in [0.15, 0.2) is 0 Å². The maximum absolute atomic E-state index is 11.2. The van der Waals surface area contributed by atoms with Crippen LogP contribution in [0.2, 0.25) is 10.0 Å². The minimum Gasteiger partial charge on any atom is -0.492 e. The number of benzene rings is 1. The van der Waals surface area contributed by atoms with Crippen LogP contribution in [0.5, 0.6) is 5.75 Å². The van der Waals surface area contributed by atoms with Gasteiger partial charge in [0.05, 0.1) is 10.0 Å². The van der Waals surface area contributed by atoms with Crippen LogP contribution in [0.3, 0.4) is 0 Å². The van der Waals surface area contributed by atoms with Gasteiger partial charge in [-0.1, -0.05) is 43.0 Å². The number of hydrogen-bond acceptors (Lipinski definition) is 3. The summed E-state index contributed by atoms with van der Waals surface area (Å²) in [7, 11) is 0. The quantitative estimate of drug-likeness (QED) is 0.717. The summed E-state index contributed by atoms with van der Waals surface area (Å²) in [5, 5.41) is 13.1. The molecular formula is C15H21Cl2NO3. The summed E-state index contributed by atoms with van der Waals surface area (Å²) in [6.07, 6.45) is 2.47. The molecule has 0 saturated heterocycles. The first-order valence-electron chi connectivity index (χ1n) is 7.00. The van der Waals surface area contributed by atoms with E-state index in [0.29, 0.717) is 28.8 Å². The van der Waals surface area contributed by atoms with Crippen LogP contribution in [-0.4, -0.2) is 29.8 Å². The Morgan fingerprint density at radius 1 is 1.38 bits per heavy atom. The number of unbranched alkanes of at least 4 members (excludes halogenated alkanes) is 1. The highest BCUT2D eigenvalue weighted by Gasteiger charge is 2.19. The number of carbonyl (C=O) groups is 1. The van der Waals surface area contributed by atoms with Crippen LogP contribution in [0.25, 0.3) is 0 Å². The number of rotatable bonds is 9. The summed E-state index contributed by atoms with van der Waals surface area (Å²) in [6.45, 7) is 4.28. The molecule has 118 valence electrons. The Morgan fingerprint density at radius 2 is 2.10 bits per heavy atom. The van der Waals surface area contributed by atoms with Gasteiger partial charge in [-0.25, -0.2) is 0 Å². The molecule has 0 spiro atoms. The smallest absolute Gasteiger partial charge is 0.320 e. The maximum Gasteiger partial charge on any atom is 0.320 e. The Bertz CT molecular complexity index is 468. The van der Waals surface area contributed by atoms with Crippen LogP contribution in [0, 0.1) is 0 Å². The summed E-state index contributed by atoms with van der Waals surface area (Å²) >= 11 is 11.7. The number of nitrogens with one attached hydrogen (secondary N) is 1. The zero-order valence-electron chi connectivity index (χ0n) is 12.2. The lowest BCUT2D eigenvalue weighted by atomic mass is 10.1. The van der Waals surface area contributed by atoms with Gasteiger partial charge >= 0.3 is 5.97 Å². The largest absolute Gasteiger partial charge is 0.492 e. The van der Waals surface area contributed by atoms with Crippen molar-refractivity contribution in [2.45, 2.75) is 45.2 Å². The minimum atomic E-state index is -0.829. The molecule has 0 aliphatic rings. The van der Waals surface area contributed by atoms with Crippen molar-refractivity contribution in [2.24, 2.45) is 0 Å². The van der Waals surface area contributed by atoms with Gasteiger partial charge in [0, 0.05) is 12.1 Å². The van der Waals surface area contributed by atoms with Crippen LogP contribution >= 0.6 is 23.2 Å². The average Bonchev–Trinajstić information content (AvgIpc) is 2.44. The normalized spacial score (nSPS) is 13.7. The standard InChI is InChI=1S/C15H21Cl2NO3/c1-3-4-5-14(15(19)20)18-10(2)9-21-11-6-7-12(16)13(17)8-11/h6-8,10,14,18H,3-5,9H2,1-2H3,(H,19,20). The van der Waals surface area contributed by atoms with Crippen molar-refractivity contribution in [3.8, 4) is 5.75 Å². The van der Waals surface area contributed by atoms with E-state index in [-0.39, 0.29) is 6.04 Å². The summed E-state index contributed by atoms with van der Waals surface area (Å²) in [5.74, 6) is -0.219. The van der Waals surface area contributed by atoms with E-state index in [4.69, 9.17) is 33.0 Å². The molecule has 6 heteroatoms. The molecule has 0 fully saturated rings. The Balaban J connectivity index is 2.46. The fraction of sp³-hybridized carbons (Fsp3) is 0.533. The topological polar surface area (TPSA) is 58.6 Å². The second-order valence-electron chi connectivity index (χ2n) is 4.99. The first kappa shape index (κ1) is 18.1. The molecule has 0 heterocycles. The Morgan fingerprint density at radius 3 is 2.67 bits per heavy atom. The van der Waals surface area contributed by atoms with E-state index in [1.807, 2.05) is 13.8 Å². The molecule has 0 aliphatic heterocycles. The SMILES string of the molecule is CCCCC(NC(C)COc1ccc(Cl)c(Cl)c1)C(=O)O. The van der Waals surface area contributed by atoms with Crippen molar-refractivity contribution in [1.29, 1.82) is 0 Å². The molecule has 0 amide bonds. The molecule has 2 N–H and O–H groups in total. The van der Waals surface area contributed by atoms with Crippen LogP contribution in [0.4, 0.5) is 0 Å². The van der Waals surface area contributed by atoms with Crippen molar-refractivity contribution >= 4 is 29.2 Å². The van der Waals surface area contributed by atoms with E-state index < -0.39 is 12.0 Å². The lowest BCUT2D eigenvalue weighted by molar-refractivity contribution is -0.140. The van der Waals surface area contributed by atoms with Crippen molar-refractivity contribution < 1.29 is 14.6 Å². The Hall–Kier alpha value is -0.970. The van der Waals surface area contributed by atoms with Crippen molar-refractivity contribution in [3.63, 3.8) is 0 Å². The van der Waals surface area contributed by atoms with E-state index >= 15 is 0 Å². The van der Waals surface area contributed by atoms with Crippen molar-refractivity contribution in [2.75, 3.05) is 6.61 Å². The summed E-state index contributed by atoms with van der Waals surface area (Å²) in [5.41, 5.74) is 0. The van der Waals surface area contributed by atoms with Crippen molar-refractivity contribution in [3.05, 3.63) is 28.2 Å². The molecule has 2 unspecified atom stereocenters. The number of aliphatic carboxylic acids is 1. The van der Waals surface area contributed by atoms with E-state index in [9.17, 15) is 4.79 Å². The molecule has 1 aromatic carbocycles. The summed E-state index contributed by atoms with van der Waals surface area (Å²) in [6, 6.07) is 4.41. The number of carboxylic acids is 1. The third-order valence-electron chi connectivity index (χ3n) is 3.02. The van der Waals surface area contributed by atoms with Gasteiger partial charge in [-0.05, 0) is 25.5 Å². The van der Waals surface area contributed by atoms with E-state index in [1.165, 1.54) is 0 Å². The fourth-order valence-electron chi connectivity index (χ4n) is 1.87. The van der Waals surface area contributed by atoms with Gasteiger partial charge in [-0.15, -0.1) is 0 Å². The molecule has 21 heavy (non-hydrogen) atoms. The maximum atomic E-state index is 11.2. The Kier molecular flexibility index (Phi) is 7.86. The van der Waals surface area contributed by atoms with Crippen molar-refractivity contribution in [1.82, 2.24) is 5.32 Å². The molecule has 0 bridgehead atoms. The Labute approximate surface area is 135 Å². The van der Waals surface area contributed by atoms with Gasteiger partial charge in [0.2, 0.25) is 0 Å². The average molecular weight is 334 g/mol. The second kappa shape index (κ2) is 9.13. The molecule has 0 saturated carbocycles. The van der Waals surface area contributed by atoms with E-state index in [0.717, 1.165) is 12.8 Å². The van der Waals surface area contributed by atoms with Crippen LogP contribution in [0.15, 0.2) is 18.2 Å². The fourth-order valence-corrected chi connectivity index (χ4v) is 2.15. The minimum absolute atomic E-state index is 0.0857. The molecule has 1 aromatic rings. The predicted molar refractivity (Wildman–Crippen MR) is 85.5 cm³/mol. The van der Waals surface area contributed by atoms with E-state index in [2.05, 4.69) is 5.32 Å². The zero-order chi connectivity index (χ0) is 15.8. The molecule has 0 radical (unpaired) electrons. The number of halogens is 2. The molecule has 1 rings (SSSR count). The number of ether oxygens (including phenoxy) is 1. The van der Waals surface area contributed by atoms with Gasteiger partial charge in [-0.3, -0.25) is 10.1 Å². The third kappa shape index (κ3) is 6.55. The van der Waals surface area contributed by atoms with Crippen LogP contribution < -0.4 is 10.1 Å². The molecule has 2 atom stereocenters. The highest BCUT2D eigenvalue weighted by atomic mass is 35.5. The zero-order valence-corrected chi connectivity index (χ0v) is 13.7. The monoisotopic (exact) mass is 333 g/mol. The van der Waals surface area contributed by atoms with Gasteiger partial charge in [-0.2, -0.15) is 0 Å². The molecule has 0 aliphatic carbocycles. The first-order valence-corrected chi connectivity index (χ1v) is 7.76. The highest BCUT2D eigenvalue weighted by Crippen LogP contribution is 2.26. The lowest BCUT2D eigenvalue weighted by Crippen LogP contribution is -2.44. The van der Waals surface area contributed by atoms with Crippen LogP contribution in [-0.2, 0) is 4.79 Å². The molecule has 4 nitrogen and oxygen atoms in total. The van der Waals surface area contributed by atoms with Gasteiger partial charge in [0.1, 0.15) is 18.4 Å². The van der Waals surface area contributed by atoms with E-state index in [1.54, 1.807) is 18.2 Å². The summed E-state index contributed by atoms with van der Waals surface area (Å²) in [4.78, 5) is 11.2. The molecule has 0 aromatic heterocycles. The highest BCUT2D eigenvalue weighted by molar-refractivity contribution is 6.42. The van der Waals surface area contributed by atoms with Crippen LogP contribution in [0.1, 0.15) is 33.1 Å². The second-order valence-corrected chi connectivity index (χ2v) is 5.80. The lowest BCUT2D eigenvalue weighted by Gasteiger charge is -2.20. The third-order valence-corrected chi connectivity index (χ3v) is 3.76.